The van der Waals surface area contributed by atoms with Crippen LogP contribution in [0.4, 0.5) is 0 Å². The molecule has 3 heteroatoms. The predicted molar refractivity (Wildman–Crippen MR) is 72.5 cm³/mol. The Morgan fingerprint density at radius 3 is 2.65 bits per heavy atom. The van der Waals surface area contributed by atoms with Gasteiger partial charge < -0.3 is 4.90 Å². The standard InChI is InChI=1S/C14H20ClNO/c1-11(2)16(8-7-15)14(17)10-13-6-4-5-12(3)9-13/h4-6,9,11H,7-8,10H2,1-3H3. The van der Waals surface area contributed by atoms with E-state index in [9.17, 15) is 4.79 Å². The van der Waals surface area contributed by atoms with E-state index in [1.165, 1.54) is 5.56 Å². The first kappa shape index (κ1) is 14.0. The number of rotatable bonds is 5. The second kappa shape index (κ2) is 6.65. The highest BCUT2D eigenvalue weighted by atomic mass is 35.5. The number of nitrogens with zero attached hydrogens (tertiary/aromatic N) is 1. The Labute approximate surface area is 109 Å². The first-order valence-electron chi connectivity index (χ1n) is 5.95. The summed E-state index contributed by atoms with van der Waals surface area (Å²) in [5.41, 5.74) is 2.25. The van der Waals surface area contributed by atoms with Crippen molar-refractivity contribution < 1.29 is 4.79 Å². The molecule has 0 aliphatic heterocycles. The van der Waals surface area contributed by atoms with Crippen molar-refractivity contribution in [3.63, 3.8) is 0 Å². The maximum Gasteiger partial charge on any atom is 0.227 e. The number of hydrogen-bond donors (Lipinski definition) is 0. The number of amides is 1. The van der Waals surface area contributed by atoms with Crippen molar-refractivity contribution in [3.05, 3.63) is 35.4 Å². The summed E-state index contributed by atoms with van der Waals surface area (Å²) in [5.74, 6) is 0.629. The number of benzene rings is 1. The fraction of sp³-hybridized carbons (Fsp3) is 0.500. The molecule has 1 amide bonds. The van der Waals surface area contributed by atoms with Crippen LogP contribution in [0.15, 0.2) is 24.3 Å². The lowest BCUT2D eigenvalue weighted by atomic mass is 10.1. The van der Waals surface area contributed by atoms with E-state index in [0.29, 0.717) is 18.8 Å². The van der Waals surface area contributed by atoms with Crippen LogP contribution < -0.4 is 0 Å². The summed E-state index contributed by atoms with van der Waals surface area (Å²) in [4.78, 5) is 14.0. The molecule has 1 rings (SSSR count). The van der Waals surface area contributed by atoms with Gasteiger partial charge in [0.05, 0.1) is 6.42 Å². The van der Waals surface area contributed by atoms with Crippen LogP contribution in [-0.4, -0.2) is 29.3 Å². The lowest BCUT2D eigenvalue weighted by molar-refractivity contribution is -0.131. The number of hydrogen-bond acceptors (Lipinski definition) is 1. The Morgan fingerprint density at radius 2 is 2.12 bits per heavy atom. The third kappa shape index (κ3) is 4.39. The SMILES string of the molecule is Cc1cccc(CC(=O)N(CCCl)C(C)C)c1. The molecule has 1 aromatic carbocycles. The molecule has 0 radical (unpaired) electrons. The van der Waals surface area contributed by atoms with Crippen LogP contribution in [0.2, 0.25) is 0 Å². The molecule has 0 atom stereocenters. The van der Waals surface area contributed by atoms with Gasteiger partial charge in [0.25, 0.3) is 0 Å². The highest BCUT2D eigenvalue weighted by Gasteiger charge is 2.16. The summed E-state index contributed by atoms with van der Waals surface area (Å²) in [6.45, 7) is 6.68. The largest absolute Gasteiger partial charge is 0.339 e. The molecule has 0 unspecified atom stereocenters. The van der Waals surface area contributed by atoms with E-state index >= 15 is 0 Å². The minimum Gasteiger partial charge on any atom is -0.339 e. The third-order valence-electron chi connectivity index (χ3n) is 2.71. The van der Waals surface area contributed by atoms with Crippen LogP contribution in [-0.2, 0) is 11.2 Å². The monoisotopic (exact) mass is 253 g/mol. The van der Waals surface area contributed by atoms with Crippen molar-refractivity contribution in [1.29, 1.82) is 0 Å². The number of aryl methyl sites for hydroxylation is 1. The molecule has 17 heavy (non-hydrogen) atoms. The first-order chi connectivity index (χ1) is 8.04. The molecule has 94 valence electrons. The Bertz CT molecular complexity index is 376. The summed E-state index contributed by atoms with van der Waals surface area (Å²) in [6.07, 6.45) is 0.455. The molecule has 2 nitrogen and oxygen atoms in total. The van der Waals surface area contributed by atoms with Crippen LogP contribution in [0.5, 0.6) is 0 Å². The van der Waals surface area contributed by atoms with Crippen molar-refractivity contribution in [3.8, 4) is 0 Å². The van der Waals surface area contributed by atoms with Gasteiger partial charge in [0.2, 0.25) is 5.91 Å². The van der Waals surface area contributed by atoms with E-state index in [2.05, 4.69) is 6.07 Å². The molecule has 0 aliphatic rings. The van der Waals surface area contributed by atoms with Crippen LogP contribution in [0.25, 0.3) is 0 Å². The minimum atomic E-state index is 0.145. The fourth-order valence-corrected chi connectivity index (χ4v) is 2.04. The second-order valence-corrected chi connectivity index (χ2v) is 4.91. The average Bonchev–Trinajstić information content (AvgIpc) is 2.25. The molecule has 0 heterocycles. The van der Waals surface area contributed by atoms with Gasteiger partial charge in [-0.05, 0) is 26.3 Å². The van der Waals surface area contributed by atoms with E-state index in [4.69, 9.17) is 11.6 Å². The summed E-state index contributed by atoms with van der Waals surface area (Å²) < 4.78 is 0. The van der Waals surface area contributed by atoms with Gasteiger partial charge in [-0.2, -0.15) is 0 Å². The Balaban J connectivity index is 2.69. The quantitative estimate of drug-likeness (QED) is 0.739. The summed E-state index contributed by atoms with van der Waals surface area (Å²) in [5, 5.41) is 0. The second-order valence-electron chi connectivity index (χ2n) is 4.54. The lowest BCUT2D eigenvalue weighted by Gasteiger charge is -2.26. The van der Waals surface area contributed by atoms with Crippen LogP contribution in [0.3, 0.4) is 0 Å². The molecule has 0 saturated heterocycles. The molecule has 0 spiro atoms. The van der Waals surface area contributed by atoms with Gasteiger partial charge in [0.15, 0.2) is 0 Å². The Hall–Kier alpha value is -1.02. The number of alkyl halides is 1. The molecular formula is C14H20ClNO. The molecule has 0 aliphatic carbocycles. The molecular weight excluding hydrogens is 234 g/mol. The Kier molecular flexibility index (Phi) is 5.49. The van der Waals surface area contributed by atoms with Gasteiger partial charge in [-0.3, -0.25) is 4.79 Å². The van der Waals surface area contributed by atoms with E-state index in [0.717, 1.165) is 5.56 Å². The molecule has 0 N–H and O–H groups in total. The van der Waals surface area contributed by atoms with E-state index < -0.39 is 0 Å². The van der Waals surface area contributed by atoms with Crippen molar-refractivity contribution in [1.82, 2.24) is 4.90 Å². The van der Waals surface area contributed by atoms with Crippen molar-refractivity contribution in [2.45, 2.75) is 33.2 Å². The zero-order chi connectivity index (χ0) is 12.8. The van der Waals surface area contributed by atoms with Gasteiger partial charge in [0.1, 0.15) is 0 Å². The maximum absolute atomic E-state index is 12.1. The number of halogens is 1. The summed E-state index contributed by atoms with van der Waals surface area (Å²) in [6, 6.07) is 8.26. The van der Waals surface area contributed by atoms with Gasteiger partial charge in [-0.25, -0.2) is 0 Å². The van der Waals surface area contributed by atoms with Crippen LogP contribution in [0, 0.1) is 6.92 Å². The van der Waals surface area contributed by atoms with Crippen molar-refractivity contribution >= 4 is 17.5 Å². The Morgan fingerprint density at radius 1 is 1.41 bits per heavy atom. The van der Waals surface area contributed by atoms with Gasteiger partial charge >= 0.3 is 0 Å². The van der Waals surface area contributed by atoms with Crippen LogP contribution in [0.1, 0.15) is 25.0 Å². The lowest BCUT2D eigenvalue weighted by Crippen LogP contribution is -2.39. The highest BCUT2D eigenvalue weighted by molar-refractivity contribution is 6.18. The molecule has 0 bridgehead atoms. The maximum atomic E-state index is 12.1. The van der Waals surface area contributed by atoms with Gasteiger partial charge in [0, 0.05) is 18.5 Å². The number of carbonyl (C=O) groups is 1. The summed E-state index contributed by atoms with van der Waals surface area (Å²) in [7, 11) is 0. The molecule has 0 aromatic heterocycles. The third-order valence-corrected chi connectivity index (χ3v) is 2.88. The fourth-order valence-electron chi connectivity index (χ4n) is 1.86. The average molecular weight is 254 g/mol. The zero-order valence-electron chi connectivity index (χ0n) is 10.7. The molecule has 0 fully saturated rings. The van der Waals surface area contributed by atoms with Crippen molar-refractivity contribution in [2.75, 3.05) is 12.4 Å². The van der Waals surface area contributed by atoms with Crippen LogP contribution >= 0.6 is 11.6 Å². The van der Waals surface area contributed by atoms with Crippen molar-refractivity contribution in [2.24, 2.45) is 0 Å². The van der Waals surface area contributed by atoms with Gasteiger partial charge in [-0.15, -0.1) is 11.6 Å². The summed E-state index contributed by atoms with van der Waals surface area (Å²) >= 11 is 5.72. The molecule has 1 aromatic rings. The smallest absolute Gasteiger partial charge is 0.227 e. The highest BCUT2D eigenvalue weighted by Crippen LogP contribution is 2.08. The predicted octanol–water partition coefficient (Wildman–Crippen LogP) is 3.01. The van der Waals surface area contributed by atoms with E-state index in [1.807, 2.05) is 43.9 Å². The van der Waals surface area contributed by atoms with E-state index in [-0.39, 0.29) is 11.9 Å². The molecule has 0 saturated carbocycles. The zero-order valence-corrected chi connectivity index (χ0v) is 11.5. The first-order valence-corrected chi connectivity index (χ1v) is 6.49. The van der Waals surface area contributed by atoms with Gasteiger partial charge in [-0.1, -0.05) is 29.8 Å². The minimum absolute atomic E-state index is 0.145. The topological polar surface area (TPSA) is 20.3 Å². The normalized spacial score (nSPS) is 10.6. The number of carbonyl (C=O) groups excluding carboxylic acids is 1. The van der Waals surface area contributed by atoms with E-state index in [1.54, 1.807) is 0 Å².